The summed E-state index contributed by atoms with van der Waals surface area (Å²) in [5, 5.41) is 0. The first kappa shape index (κ1) is 22.9. The Balaban J connectivity index is 3.33. The number of hydrogen-bond acceptors (Lipinski definition) is 3. The van der Waals surface area contributed by atoms with Crippen molar-refractivity contribution >= 4 is 125 Å². The molecule has 0 aliphatic heterocycles. The third kappa shape index (κ3) is 5.20. The molecule has 1 atom stereocenters. The maximum absolute atomic E-state index is 13.7. The Bertz CT molecular complexity index is 620. The number of benzene rings is 1. The van der Waals surface area contributed by atoms with E-state index in [1.165, 1.54) is 13.8 Å². The van der Waals surface area contributed by atoms with Crippen LogP contribution in [0.5, 0.6) is 0 Å². The van der Waals surface area contributed by atoms with Crippen molar-refractivity contribution in [2.75, 3.05) is 0 Å². The van der Waals surface area contributed by atoms with Gasteiger partial charge in [0.1, 0.15) is 0 Å². The van der Waals surface area contributed by atoms with E-state index in [4.69, 9.17) is 4.74 Å². The minimum absolute atomic E-state index is 0.257. The van der Waals surface area contributed by atoms with Crippen molar-refractivity contribution in [3.8, 4) is 0 Å². The summed E-state index contributed by atoms with van der Waals surface area (Å²) >= 11 is 10.4. The monoisotopic (exact) mass is 886 g/mol. The molecule has 0 aliphatic carbocycles. The van der Waals surface area contributed by atoms with E-state index in [9.17, 15) is 18.4 Å². The molecule has 1 unspecified atom stereocenters. The fourth-order valence-electron chi connectivity index (χ4n) is 1.68. The highest BCUT2D eigenvalue weighted by Crippen LogP contribution is 2.35. The quantitative estimate of drug-likeness (QED) is 0.125. The van der Waals surface area contributed by atoms with Crippen LogP contribution in [-0.4, -0.2) is 24.3 Å². The van der Waals surface area contributed by atoms with Gasteiger partial charge in [0.15, 0.2) is 12.4 Å². The van der Waals surface area contributed by atoms with Crippen LogP contribution in [0.1, 0.15) is 24.2 Å². The van der Waals surface area contributed by atoms with Crippen LogP contribution in [0.2, 0.25) is 0 Å². The lowest BCUT2D eigenvalue weighted by atomic mass is 10.0. The molecule has 0 radical (unpaired) electrons. The van der Waals surface area contributed by atoms with Gasteiger partial charge >= 0.3 is 11.9 Å². The van der Waals surface area contributed by atoms with Gasteiger partial charge in [0.2, 0.25) is 0 Å². The lowest BCUT2D eigenvalue weighted by Gasteiger charge is -2.26. The summed E-state index contributed by atoms with van der Waals surface area (Å²) in [6.45, 7) is 2.96. The Hall–Kier alpha value is 1.87. The van der Waals surface area contributed by atoms with Crippen LogP contribution in [0.25, 0.3) is 0 Å². The molecule has 0 fully saturated rings. The molecular formula is C13H9F2I5O3. The number of carbonyl (C=O) groups excluding carboxylic acids is 2. The maximum Gasteiger partial charge on any atom is 0.340 e. The van der Waals surface area contributed by atoms with Gasteiger partial charge < -0.3 is 4.74 Å². The average Bonchev–Trinajstić information content (AvgIpc) is 2.48. The average molecular weight is 886 g/mol. The van der Waals surface area contributed by atoms with Crippen LogP contribution >= 0.6 is 113 Å². The summed E-state index contributed by atoms with van der Waals surface area (Å²) in [6.07, 6.45) is -2.27. The molecule has 0 heterocycles. The molecule has 1 aromatic carbocycles. The summed E-state index contributed by atoms with van der Waals surface area (Å²) in [6, 6.07) is 0. The van der Waals surface area contributed by atoms with Crippen molar-refractivity contribution in [3.63, 3.8) is 0 Å². The van der Waals surface area contributed by atoms with Gasteiger partial charge in [-0.25, -0.2) is 4.79 Å². The molecule has 1 aromatic rings. The molecule has 128 valence electrons. The second-order valence-corrected chi connectivity index (χ2v) is 10.2. The highest BCUT2D eigenvalue weighted by atomic mass is 127. The molecule has 0 aliphatic rings. The second kappa shape index (κ2) is 9.18. The van der Waals surface area contributed by atoms with Crippen molar-refractivity contribution in [2.24, 2.45) is 5.92 Å². The normalized spacial score (nSPS) is 13.1. The van der Waals surface area contributed by atoms with Crippen LogP contribution < -0.4 is 0 Å². The van der Waals surface area contributed by atoms with E-state index in [1.807, 2.05) is 45.2 Å². The van der Waals surface area contributed by atoms with E-state index in [-0.39, 0.29) is 5.56 Å². The highest BCUT2D eigenvalue weighted by Gasteiger charge is 2.45. The first-order valence-electron chi connectivity index (χ1n) is 6.02. The number of hydrogen-bond donors (Lipinski definition) is 0. The van der Waals surface area contributed by atoms with Crippen molar-refractivity contribution < 1.29 is 23.1 Å². The van der Waals surface area contributed by atoms with Gasteiger partial charge in [-0.2, -0.15) is 8.78 Å². The van der Waals surface area contributed by atoms with Crippen LogP contribution in [0, 0.1) is 23.8 Å². The Morgan fingerprint density at radius 3 is 1.74 bits per heavy atom. The lowest BCUT2D eigenvalue weighted by molar-refractivity contribution is -0.153. The molecule has 0 aromatic heterocycles. The first-order chi connectivity index (χ1) is 10.5. The Morgan fingerprint density at radius 2 is 1.39 bits per heavy atom. The van der Waals surface area contributed by atoms with Crippen molar-refractivity contribution in [1.82, 2.24) is 0 Å². The summed E-state index contributed by atoms with van der Waals surface area (Å²) < 4.78 is 36.5. The summed E-state index contributed by atoms with van der Waals surface area (Å²) in [5.74, 6) is -5.26. The highest BCUT2D eigenvalue weighted by molar-refractivity contribution is 14.1. The number of esters is 1. The van der Waals surface area contributed by atoms with Crippen LogP contribution in [0.15, 0.2) is 0 Å². The largest absolute Gasteiger partial charge is 0.452 e. The zero-order valence-electron chi connectivity index (χ0n) is 11.6. The molecule has 0 bridgehead atoms. The first-order valence-corrected chi connectivity index (χ1v) is 11.4. The predicted molar refractivity (Wildman–Crippen MR) is 125 cm³/mol. The standard InChI is InChI=1S/C13H9F2I5O3/c1-4(2)11(13(14,15)3-21)23-12(22)5-6(16)8(18)10(20)9(19)7(5)17/h3-4,11H,1-2H3. The molecule has 0 saturated carbocycles. The van der Waals surface area contributed by atoms with Gasteiger partial charge in [0.25, 0.3) is 0 Å². The van der Waals surface area contributed by atoms with E-state index in [1.54, 1.807) is 0 Å². The van der Waals surface area contributed by atoms with Gasteiger partial charge in [0, 0.05) is 17.9 Å². The zero-order valence-corrected chi connectivity index (χ0v) is 22.4. The van der Waals surface area contributed by atoms with Crippen molar-refractivity contribution in [3.05, 3.63) is 23.4 Å². The number of aldehydes is 1. The number of rotatable bonds is 5. The second-order valence-electron chi connectivity index (χ2n) is 4.81. The summed E-state index contributed by atoms with van der Waals surface area (Å²) in [7, 11) is 0. The van der Waals surface area contributed by atoms with Gasteiger partial charge in [-0.3, -0.25) is 4.79 Å². The maximum atomic E-state index is 13.7. The lowest BCUT2D eigenvalue weighted by Crippen LogP contribution is -2.42. The third-order valence-electron chi connectivity index (χ3n) is 2.79. The Labute approximate surface area is 200 Å². The molecule has 1 rings (SSSR count). The summed E-state index contributed by atoms with van der Waals surface area (Å²) in [5.41, 5.74) is 0.257. The van der Waals surface area contributed by atoms with E-state index >= 15 is 0 Å². The molecule has 10 heteroatoms. The zero-order chi connectivity index (χ0) is 18.1. The van der Waals surface area contributed by atoms with Gasteiger partial charge in [-0.05, 0) is 119 Å². The number of carbonyl (C=O) groups is 2. The number of alkyl halides is 2. The molecule has 3 nitrogen and oxygen atoms in total. The minimum atomic E-state index is -3.72. The molecule has 0 amide bonds. The van der Waals surface area contributed by atoms with E-state index in [0.717, 1.165) is 10.7 Å². The smallest absolute Gasteiger partial charge is 0.340 e. The van der Waals surface area contributed by atoms with Gasteiger partial charge in [0.05, 0.1) is 5.56 Å². The molecule has 0 spiro atoms. The molecule has 0 N–H and O–H groups in total. The van der Waals surface area contributed by atoms with Gasteiger partial charge in [-0.15, -0.1) is 0 Å². The van der Waals surface area contributed by atoms with Crippen LogP contribution in [-0.2, 0) is 9.53 Å². The molecule has 23 heavy (non-hydrogen) atoms. The van der Waals surface area contributed by atoms with Crippen LogP contribution in [0.4, 0.5) is 8.78 Å². The number of halogens is 7. The Kier molecular flexibility index (Phi) is 9.15. The minimum Gasteiger partial charge on any atom is -0.452 e. The predicted octanol–water partition coefficient (Wildman–Crippen LogP) is 5.73. The third-order valence-corrected chi connectivity index (χ3v) is 12.3. The fraction of sp³-hybridized carbons (Fsp3) is 0.385. The van der Waals surface area contributed by atoms with E-state index in [0.29, 0.717) is 7.14 Å². The molecule has 0 saturated heterocycles. The van der Waals surface area contributed by atoms with Gasteiger partial charge in [-0.1, -0.05) is 13.8 Å². The summed E-state index contributed by atoms with van der Waals surface area (Å²) in [4.78, 5) is 23.1. The fourth-order valence-corrected chi connectivity index (χ4v) is 6.89. The van der Waals surface area contributed by atoms with E-state index < -0.39 is 30.2 Å². The SMILES string of the molecule is CC(C)C(OC(=O)c1c(I)c(I)c(I)c(I)c1I)C(F)(F)C=O. The molecular weight excluding hydrogens is 877 g/mol. The van der Waals surface area contributed by atoms with Crippen molar-refractivity contribution in [1.29, 1.82) is 0 Å². The number of ether oxygens (including phenoxy) is 1. The Morgan fingerprint density at radius 1 is 1.00 bits per heavy atom. The van der Waals surface area contributed by atoms with Crippen LogP contribution in [0.3, 0.4) is 0 Å². The van der Waals surface area contributed by atoms with E-state index in [2.05, 4.69) is 67.8 Å². The topological polar surface area (TPSA) is 43.4 Å². The van der Waals surface area contributed by atoms with Crippen molar-refractivity contribution in [2.45, 2.75) is 25.9 Å².